The van der Waals surface area contributed by atoms with Crippen LogP contribution in [-0.4, -0.2) is 30.4 Å². The van der Waals surface area contributed by atoms with Crippen LogP contribution in [0, 0.1) is 12.8 Å². The second-order valence-electron chi connectivity index (χ2n) is 5.58. The molecule has 1 saturated heterocycles. The molecule has 1 amide bonds. The molecule has 1 aliphatic rings. The fourth-order valence-electron chi connectivity index (χ4n) is 2.39. The lowest BCUT2D eigenvalue weighted by Gasteiger charge is -2.29. The maximum atomic E-state index is 12.0. The standard InChI is InChI=1S/C15H23N3O.ClH/c1-11-5-7-18(8-6-11)10-15(19)17-14-9-13(16)4-3-12(14)2;/h3-4,9,11H,5-8,10,16H2,1-2H3,(H,17,19);1H. The number of benzene rings is 1. The number of anilines is 2. The number of nitrogen functional groups attached to an aromatic ring is 1. The summed E-state index contributed by atoms with van der Waals surface area (Å²) >= 11 is 0. The summed E-state index contributed by atoms with van der Waals surface area (Å²) in [6.07, 6.45) is 2.37. The van der Waals surface area contributed by atoms with Gasteiger partial charge in [0.25, 0.3) is 0 Å². The van der Waals surface area contributed by atoms with E-state index in [4.69, 9.17) is 5.73 Å². The zero-order valence-corrected chi connectivity index (χ0v) is 13.0. The Morgan fingerprint density at radius 3 is 2.70 bits per heavy atom. The van der Waals surface area contributed by atoms with Crippen molar-refractivity contribution in [1.82, 2.24) is 4.90 Å². The van der Waals surface area contributed by atoms with Gasteiger partial charge in [-0.15, -0.1) is 12.4 Å². The minimum Gasteiger partial charge on any atom is -0.399 e. The van der Waals surface area contributed by atoms with Crippen LogP contribution in [0.5, 0.6) is 0 Å². The van der Waals surface area contributed by atoms with E-state index < -0.39 is 0 Å². The lowest BCUT2D eigenvalue weighted by Crippen LogP contribution is -2.38. The number of carbonyl (C=O) groups excluding carboxylic acids is 1. The molecule has 0 aromatic heterocycles. The number of halogens is 1. The van der Waals surface area contributed by atoms with Gasteiger partial charge in [0, 0.05) is 11.4 Å². The molecule has 4 nitrogen and oxygen atoms in total. The zero-order chi connectivity index (χ0) is 13.8. The summed E-state index contributed by atoms with van der Waals surface area (Å²) < 4.78 is 0. The van der Waals surface area contributed by atoms with E-state index in [1.54, 1.807) is 0 Å². The van der Waals surface area contributed by atoms with Gasteiger partial charge in [0.15, 0.2) is 0 Å². The van der Waals surface area contributed by atoms with Gasteiger partial charge in [-0.3, -0.25) is 9.69 Å². The number of hydrogen-bond acceptors (Lipinski definition) is 3. The third kappa shape index (κ3) is 4.69. The predicted octanol–water partition coefficient (Wildman–Crippen LogP) is 2.67. The van der Waals surface area contributed by atoms with E-state index in [1.807, 2.05) is 25.1 Å². The highest BCUT2D eigenvalue weighted by atomic mass is 35.5. The van der Waals surface area contributed by atoms with Crippen molar-refractivity contribution < 1.29 is 4.79 Å². The Balaban J connectivity index is 0.00000200. The van der Waals surface area contributed by atoms with Crippen LogP contribution in [0.4, 0.5) is 11.4 Å². The highest BCUT2D eigenvalue weighted by Crippen LogP contribution is 2.19. The van der Waals surface area contributed by atoms with Gasteiger partial charge in [0.2, 0.25) is 5.91 Å². The van der Waals surface area contributed by atoms with E-state index in [9.17, 15) is 4.79 Å². The normalized spacial score (nSPS) is 16.5. The van der Waals surface area contributed by atoms with E-state index >= 15 is 0 Å². The quantitative estimate of drug-likeness (QED) is 0.843. The number of amides is 1. The third-order valence-corrected chi connectivity index (χ3v) is 3.78. The number of aryl methyl sites for hydroxylation is 1. The molecule has 5 heteroatoms. The second kappa shape index (κ2) is 7.50. The number of carbonyl (C=O) groups is 1. The van der Waals surface area contributed by atoms with Crippen molar-refractivity contribution in [2.24, 2.45) is 5.92 Å². The van der Waals surface area contributed by atoms with E-state index in [0.29, 0.717) is 12.2 Å². The monoisotopic (exact) mass is 297 g/mol. The molecule has 1 aliphatic heterocycles. The number of nitrogens with zero attached hydrogens (tertiary/aromatic N) is 1. The maximum absolute atomic E-state index is 12.0. The van der Waals surface area contributed by atoms with Crippen molar-refractivity contribution in [2.75, 3.05) is 30.7 Å². The van der Waals surface area contributed by atoms with Crippen molar-refractivity contribution in [1.29, 1.82) is 0 Å². The van der Waals surface area contributed by atoms with Crippen LogP contribution in [0.15, 0.2) is 18.2 Å². The summed E-state index contributed by atoms with van der Waals surface area (Å²) in [7, 11) is 0. The van der Waals surface area contributed by atoms with Crippen LogP contribution in [0.2, 0.25) is 0 Å². The molecule has 1 aromatic rings. The SMILES string of the molecule is Cc1ccc(N)cc1NC(=O)CN1CCC(C)CC1.Cl. The first-order chi connectivity index (χ1) is 9.04. The molecule has 2 rings (SSSR count). The molecule has 1 fully saturated rings. The Morgan fingerprint density at radius 1 is 1.40 bits per heavy atom. The third-order valence-electron chi connectivity index (χ3n) is 3.78. The van der Waals surface area contributed by atoms with Crippen molar-refractivity contribution in [3.05, 3.63) is 23.8 Å². The Bertz CT molecular complexity index is 456. The largest absolute Gasteiger partial charge is 0.399 e. The first-order valence-electron chi connectivity index (χ1n) is 6.93. The van der Waals surface area contributed by atoms with E-state index in [-0.39, 0.29) is 18.3 Å². The average molecular weight is 298 g/mol. The number of likely N-dealkylation sites (tertiary alicyclic amines) is 1. The molecule has 0 radical (unpaired) electrons. The maximum Gasteiger partial charge on any atom is 0.238 e. The van der Waals surface area contributed by atoms with Crippen LogP contribution >= 0.6 is 12.4 Å². The Hall–Kier alpha value is -1.26. The molecule has 0 unspecified atom stereocenters. The summed E-state index contributed by atoms with van der Waals surface area (Å²) in [6.45, 7) is 6.75. The molecule has 20 heavy (non-hydrogen) atoms. The van der Waals surface area contributed by atoms with Crippen LogP contribution < -0.4 is 11.1 Å². The van der Waals surface area contributed by atoms with Gasteiger partial charge in [-0.1, -0.05) is 13.0 Å². The van der Waals surface area contributed by atoms with Crippen molar-refractivity contribution in [3.8, 4) is 0 Å². The minimum absolute atomic E-state index is 0. The Kier molecular flexibility index (Phi) is 6.30. The van der Waals surface area contributed by atoms with Crippen LogP contribution in [-0.2, 0) is 4.79 Å². The van der Waals surface area contributed by atoms with E-state index in [0.717, 1.165) is 30.3 Å². The molecule has 112 valence electrons. The molecular formula is C15H24ClN3O. The predicted molar refractivity (Wildman–Crippen MR) is 86.3 cm³/mol. The van der Waals surface area contributed by atoms with Crippen molar-refractivity contribution in [2.45, 2.75) is 26.7 Å². The summed E-state index contributed by atoms with van der Waals surface area (Å²) in [5, 5.41) is 2.95. The number of piperidine rings is 1. The fourth-order valence-corrected chi connectivity index (χ4v) is 2.39. The summed E-state index contributed by atoms with van der Waals surface area (Å²) in [5.41, 5.74) is 8.27. The van der Waals surface area contributed by atoms with Crippen LogP contribution in [0.25, 0.3) is 0 Å². The molecule has 1 aromatic carbocycles. The molecule has 0 aliphatic carbocycles. The summed E-state index contributed by atoms with van der Waals surface area (Å²) in [6, 6.07) is 5.58. The van der Waals surface area contributed by atoms with Gasteiger partial charge in [-0.25, -0.2) is 0 Å². The van der Waals surface area contributed by atoms with Crippen LogP contribution in [0.1, 0.15) is 25.3 Å². The van der Waals surface area contributed by atoms with Gasteiger partial charge in [0.1, 0.15) is 0 Å². The van der Waals surface area contributed by atoms with Gasteiger partial charge >= 0.3 is 0 Å². The lowest BCUT2D eigenvalue weighted by molar-refractivity contribution is -0.117. The number of hydrogen-bond donors (Lipinski definition) is 2. The van der Waals surface area contributed by atoms with Gasteiger partial charge < -0.3 is 11.1 Å². The van der Waals surface area contributed by atoms with Crippen molar-refractivity contribution in [3.63, 3.8) is 0 Å². The van der Waals surface area contributed by atoms with Gasteiger partial charge in [-0.2, -0.15) is 0 Å². The number of rotatable bonds is 3. The topological polar surface area (TPSA) is 58.4 Å². The fraction of sp³-hybridized carbons (Fsp3) is 0.533. The summed E-state index contributed by atoms with van der Waals surface area (Å²) in [4.78, 5) is 14.3. The van der Waals surface area contributed by atoms with E-state index in [2.05, 4.69) is 17.1 Å². The second-order valence-corrected chi connectivity index (χ2v) is 5.58. The number of nitrogens with two attached hydrogens (primary N) is 1. The Labute approximate surface area is 127 Å². The highest BCUT2D eigenvalue weighted by Gasteiger charge is 2.18. The molecular weight excluding hydrogens is 274 g/mol. The first kappa shape index (κ1) is 16.8. The molecule has 0 bridgehead atoms. The van der Waals surface area contributed by atoms with Gasteiger partial charge in [-0.05, 0) is 56.5 Å². The van der Waals surface area contributed by atoms with Gasteiger partial charge in [0.05, 0.1) is 6.54 Å². The molecule has 0 saturated carbocycles. The smallest absolute Gasteiger partial charge is 0.238 e. The molecule has 3 N–H and O–H groups in total. The van der Waals surface area contributed by atoms with E-state index in [1.165, 1.54) is 12.8 Å². The number of nitrogens with one attached hydrogen (secondary N) is 1. The zero-order valence-electron chi connectivity index (χ0n) is 12.2. The van der Waals surface area contributed by atoms with Crippen LogP contribution in [0.3, 0.4) is 0 Å². The molecule has 1 heterocycles. The minimum atomic E-state index is 0. The average Bonchev–Trinajstić information content (AvgIpc) is 2.37. The molecule has 0 atom stereocenters. The highest BCUT2D eigenvalue weighted by molar-refractivity contribution is 5.93. The Morgan fingerprint density at radius 2 is 2.05 bits per heavy atom. The first-order valence-corrected chi connectivity index (χ1v) is 6.93. The van der Waals surface area contributed by atoms with Crippen molar-refractivity contribution >= 4 is 29.7 Å². The molecule has 0 spiro atoms. The summed E-state index contributed by atoms with van der Waals surface area (Å²) in [5.74, 6) is 0.832. The lowest BCUT2D eigenvalue weighted by atomic mass is 9.99.